The van der Waals surface area contributed by atoms with Crippen LogP contribution in [0, 0.1) is 29.1 Å². The minimum Gasteiger partial charge on any atom is -0.342 e. The summed E-state index contributed by atoms with van der Waals surface area (Å²) in [5.41, 5.74) is 0.392. The number of nitrogens with zero attached hydrogens (tertiary/aromatic N) is 1. The van der Waals surface area contributed by atoms with Crippen LogP contribution in [0.1, 0.15) is 64.7 Å². The Morgan fingerprint density at radius 1 is 0.950 bits per heavy atom. The Morgan fingerprint density at radius 3 is 1.95 bits per heavy atom. The van der Waals surface area contributed by atoms with E-state index < -0.39 is 0 Å². The maximum atomic E-state index is 12.9. The van der Waals surface area contributed by atoms with E-state index in [1.807, 2.05) is 0 Å². The number of hydrogen-bond donors (Lipinski definition) is 0. The monoisotopic (exact) mass is 275 g/mol. The highest BCUT2D eigenvalue weighted by atomic mass is 16.2. The average Bonchev–Trinajstić information content (AvgIpc) is 2.45. The Balaban J connectivity index is 1.52. The fraction of sp³-hybridized carbons (Fsp3) is 0.944. The van der Waals surface area contributed by atoms with Crippen LogP contribution in [0.3, 0.4) is 0 Å². The minimum atomic E-state index is 0.286. The van der Waals surface area contributed by atoms with Crippen molar-refractivity contribution < 1.29 is 4.79 Å². The molecule has 1 atom stereocenters. The second kappa shape index (κ2) is 4.74. The predicted octanol–water partition coefficient (Wildman–Crippen LogP) is 3.85. The maximum Gasteiger partial charge on any atom is 0.225 e. The minimum absolute atomic E-state index is 0.286. The van der Waals surface area contributed by atoms with E-state index in [1.165, 1.54) is 57.8 Å². The van der Waals surface area contributed by atoms with E-state index in [0.29, 0.717) is 11.3 Å². The lowest BCUT2D eigenvalue weighted by Gasteiger charge is -2.59. The highest BCUT2D eigenvalue weighted by molar-refractivity contribution is 5.79. The van der Waals surface area contributed by atoms with Gasteiger partial charge >= 0.3 is 0 Å². The molecule has 0 radical (unpaired) electrons. The molecule has 20 heavy (non-hydrogen) atoms. The lowest BCUT2D eigenvalue weighted by molar-refractivity contribution is -0.150. The third-order valence-electron chi connectivity index (χ3n) is 7.04. The molecule has 1 aliphatic heterocycles. The summed E-state index contributed by atoms with van der Waals surface area (Å²) in [6.07, 6.45) is 12.3. The van der Waals surface area contributed by atoms with Gasteiger partial charge < -0.3 is 4.90 Å². The Hall–Kier alpha value is -0.530. The number of hydrogen-bond acceptors (Lipinski definition) is 1. The van der Waals surface area contributed by atoms with Crippen LogP contribution in [0.4, 0.5) is 0 Å². The molecule has 0 N–H and O–H groups in total. The first-order chi connectivity index (χ1) is 9.66. The van der Waals surface area contributed by atoms with Crippen molar-refractivity contribution in [3.63, 3.8) is 0 Å². The lowest BCUT2D eigenvalue weighted by Crippen LogP contribution is -2.53. The van der Waals surface area contributed by atoms with Crippen molar-refractivity contribution >= 4 is 5.91 Å². The predicted molar refractivity (Wildman–Crippen MR) is 80.2 cm³/mol. The summed E-state index contributed by atoms with van der Waals surface area (Å²) in [4.78, 5) is 15.1. The van der Waals surface area contributed by atoms with E-state index >= 15 is 0 Å². The number of likely N-dealkylation sites (tertiary alicyclic amines) is 1. The summed E-state index contributed by atoms with van der Waals surface area (Å²) in [5.74, 6) is 3.65. The normalized spacial score (nSPS) is 44.6. The number of rotatable bonds is 2. The average molecular weight is 275 g/mol. The molecule has 0 aromatic carbocycles. The van der Waals surface area contributed by atoms with Crippen molar-refractivity contribution in [2.24, 2.45) is 29.1 Å². The van der Waals surface area contributed by atoms with Gasteiger partial charge in [0, 0.05) is 19.0 Å². The molecule has 1 heterocycles. The highest BCUT2D eigenvalue weighted by Gasteiger charge is 2.54. The molecule has 0 spiro atoms. The number of piperidine rings is 1. The summed E-state index contributed by atoms with van der Waals surface area (Å²) in [7, 11) is 0. The van der Waals surface area contributed by atoms with E-state index in [-0.39, 0.29) is 5.92 Å². The zero-order chi connectivity index (χ0) is 13.7. The fourth-order valence-corrected chi connectivity index (χ4v) is 6.36. The standard InChI is InChI=1S/C18H29NO/c1-13(17(20)19-5-3-2-4-6-19)18-10-14-7-15(11-18)9-16(8-14)12-18/h13-16H,2-12H2,1H3. The third kappa shape index (κ3) is 2.02. The van der Waals surface area contributed by atoms with Gasteiger partial charge in [-0.25, -0.2) is 0 Å². The lowest BCUT2D eigenvalue weighted by atomic mass is 9.46. The Morgan fingerprint density at radius 2 is 1.45 bits per heavy atom. The van der Waals surface area contributed by atoms with Crippen LogP contribution in [-0.2, 0) is 4.79 Å². The summed E-state index contributed by atoms with van der Waals surface area (Å²) in [6.45, 7) is 4.31. The van der Waals surface area contributed by atoms with Crippen molar-refractivity contribution in [1.29, 1.82) is 0 Å². The Bertz CT molecular complexity index is 361. The molecular formula is C18H29NO. The SMILES string of the molecule is CC(C(=O)N1CCCCC1)C12CC3CC(CC(C3)C1)C2. The molecule has 4 saturated carbocycles. The third-order valence-corrected chi connectivity index (χ3v) is 7.04. The van der Waals surface area contributed by atoms with Crippen LogP contribution < -0.4 is 0 Å². The van der Waals surface area contributed by atoms with E-state index in [0.717, 1.165) is 30.8 Å². The van der Waals surface area contributed by atoms with Crippen LogP contribution in [0.2, 0.25) is 0 Å². The first-order valence-corrected chi connectivity index (χ1v) is 8.95. The van der Waals surface area contributed by atoms with Gasteiger partial charge in [0.05, 0.1) is 0 Å². The van der Waals surface area contributed by atoms with Gasteiger partial charge in [0.1, 0.15) is 0 Å². The molecule has 1 amide bonds. The van der Waals surface area contributed by atoms with Crippen molar-refractivity contribution in [3.8, 4) is 0 Å². The van der Waals surface area contributed by atoms with Gasteiger partial charge in [0.2, 0.25) is 5.91 Å². The van der Waals surface area contributed by atoms with Gasteiger partial charge in [-0.05, 0) is 81.0 Å². The number of carbonyl (C=O) groups excluding carboxylic acids is 1. The van der Waals surface area contributed by atoms with Crippen LogP contribution in [0.5, 0.6) is 0 Å². The Labute approximate surface area is 123 Å². The number of carbonyl (C=O) groups is 1. The topological polar surface area (TPSA) is 20.3 Å². The summed E-state index contributed by atoms with van der Waals surface area (Å²) in [5, 5.41) is 0. The van der Waals surface area contributed by atoms with E-state index in [9.17, 15) is 4.79 Å². The van der Waals surface area contributed by atoms with Crippen molar-refractivity contribution in [2.75, 3.05) is 13.1 Å². The molecule has 1 unspecified atom stereocenters. The van der Waals surface area contributed by atoms with Crippen molar-refractivity contribution in [3.05, 3.63) is 0 Å². The van der Waals surface area contributed by atoms with Crippen LogP contribution in [0.25, 0.3) is 0 Å². The highest BCUT2D eigenvalue weighted by Crippen LogP contribution is 2.62. The van der Waals surface area contributed by atoms with Crippen LogP contribution in [0.15, 0.2) is 0 Å². The van der Waals surface area contributed by atoms with Gasteiger partial charge in [0.15, 0.2) is 0 Å². The molecule has 112 valence electrons. The fourth-order valence-electron chi connectivity index (χ4n) is 6.36. The van der Waals surface area contributed by atoms with Crippen LogP contribution in [-0.4, -0.2) is 23.9 Å². The Kier molecular flexibility index (Phi) is 3.12. The summed E-state index contributed by atoms with van der Waals surface area (Å²) in [6, 6.07) is 0. The molecule has 4 bridgehead atoms. The smallest absolute Gasteiger partial charge is 0.225 e. The second-order valence-electron chi connectivity index (χ2n) is 8.39. The van der Waals surface area contributed by atoms with Crippen molar-refractivity contribution in [1.82, 2.24) is 4.90 Å². The quantitative estimate of drug-likeness (QED) is 0.749. The zero-order valence-corrected chi connectivity index (χ0v) is 12.9. The van der Waals surface area contributed by atoms with Gasteiger partial charge in [0.25, 0.3) is 0 Å². The molecular weight excluding hydrogens is 246 g/mol. The van der Waals surface area contributed by atoms with E-state index in [4.69, 9.17) is 0 Å². The molecule has 1 saturated heterocycles. The molecule has 0 aromatic rings. The van der Waals surface area contributed by atoms with Crippen molar-refractivity contribution in [2.45, 2.75) is 64.7 Å². The molecule has 2 nitrogen and oxygen atoms in total. The second-order valence-corrected chi connectivity index (χ2v) is 8.39. The van der Waals surface area contributed by atoms with Gasteiger partial charge in [-0.15, -0.1) is 0 Å². The molecule has 5 aliphatic rings. The molecule has 5 fully saturated rings. The molecule has 5 rings (SSSR count). The maximum absolute atomic E-state index is 12.9. The first-order valence-electron chi connectivity index (χ1n) is 8.95. The largest absolute Gasteiger partial charge is 0.342 e. The van der Waals surface area contributed by atoms with Crippen LogP contribution >= 0.6 is 0 Å². The molecule has 0 aromatic heterocycles. The van der Waals surface area contributed by atoms with Gasteiger partial charge in [-0.3, -0.25) is 4.79 Å². The molecule has 4 aliphatic carbocycles. The zero-order valence-electron chi connectivity index (χ0n) is 12.9. The molecule has 2 heteroatoms. The first kappa shape index (κ1) is 13.2. The summed E-state index contributed by atoms with van der Waals surface area (Å²) >= 11 is 0. The van der Waals surface area contributed by atoms with E-state index in [1.54, 1.807) is 0 Å². The van der Waals surface area contributed by atoms with Gasteiger partial charge in [-0.2, -0.15) is 0 Å². The number of amides is 1. The van der Waals surface area contributed by atoms with Gasteiger partial charge in [-0.1, -0.05) is 6.92 Å². The van der Waals surface area contributed by atoms with E-state index in [2.05, 4.69) is 11.8 Å². The summed E-state index contributed by atoms with van der Waals surface area (Å²) < 4.78 is 0.